The molecule has 4 unspecified atom stereocenters. The molecular weight excluding hydrogens is 342 g/mol. The largest absolute Gasteiger partial charge is 0.459 e. The molecule has 0 radical (unpaired) electrons. The predicted octanol–water partition coefficient (Wildman–Crippen LogP) is 3.30. The molecule has 2 fully saturated rings. The molecule has 2 bridgehead atoms. The molecule has 0 amide bonds. The van der Waals surface area contributed by atoms with Gasteiger partial charge in [0, 0.05) is 25.3 Å². The molecule has 0 saturated carbocycles. The van der Waals surface area contributed by atoms with Gasteiger partial charge in [-0.25, -0.2) is 9.59 Å². The molecule has 2 aliphatic heterocycles. The van der Waals surface area contributed by atoms with Crippen LogP contribution >= 0.6 is 0 Å². The lowest BCUT2D eigenvalue weighted by atomic mass is 10.00. The van der Waals surface area contributed by atoms with Crippen molar-refractivity contribution in [1.29, 1.82) is 0 Å². The van der Waals surface area contributed by atoms with Gasteiger partial charge in [-0.15, -0.1) is 0 Å². The Kier molecular flexibility index (Phi) is 4.94. The van der Waals surface area contributed by atoms with Gasteiger partial charge in [0.05, 0.1) is 17.2 Å². The summed E-state index contributed by atoms with van der Waals surface area (Å²) in [7, 11) is 2.06. The second-order valence-electron chi connectivity index (χ2n) is 7.30. The van der Waals surface area contributed by atoms with Gasteiger partial charge in [0.2, 0.25) is 0 Å². The SMILES string of the molecule is CN1C2CC(OC(=O)c3ccccc3)CC1C(OC(=O)c1ccccc1)C2. The summed E-state index contributed by atoms with van der Waals surface area (Å²) in [5, 5.41) is 0. The average molecular weight is 365 g/mol. The monoisotopic (exact) mass is 365 g/mol. The minimum atomic E-state index is -0.292. The van der Waals surface area contributed by atoms with Crippen molar-refractivity contribution in [3.05, 3.63) is 71.8 Å². The molecular formula is C22H23NO4. The highest BCUT2D eigenvalue weighted by Crippen LogP contribution is 2.38. The van der Waals surface area contributed by atoms with Crippen molar-refractivity contribution < 1.29 is 19.1 Å². The van der Waals surface area contributed by atoms with E-state index >= 15 is 0 Å². The van der Waals surface area contributed by atoms with Gasteiger partial charge in [0.1, 0.15) is 12.2 Å². The van der Waals surface area contributed by atoms with Crippen LogP contribution in [0.4, 0.5) is 0 Å². The molecule has 2 heterocycles. The lowest BCUT2D eigenvalue weighted by Crippen LogP contribution is -2.46. The second-order valence-corrected chi connectivity index (χ2v) is 7.30. The van der Waals surface area contributed by atoms with Gasteiger partial charge in [-0.3, -0.25) is 4.90 Å². The number of ether oxygens (including phenoxy) is 2. The molecule has 2 aromatic rings. The summed E-state index contributed by atoms with van der Waals surface area (Å²) in [5.41, 5.74) is 1.13. The van der Waals surface area contributed by atoms with E-state index in [1.807, 2.05) is 36.4 Å². The molecule has 4 atom stereocenters. The molecule has 0 spiro atoms. The number of carbonyl (C=O) groups excluding carboxylic acids is 2. The summed E-state index contributed by atoms with van der Waals surface area (Å²) >= 11 is 0. The van der Waals surface area contributed by atoms with E-state index in [0.29, 0.717) is 17.5 Å². The van der Waals surface area contributed by atoms with Crippen LogP contribution in [-0.4, -0.2) is 48.2 Å². The van der Waals surface area contributed by atoms with Gasteiger partial charge >= 0.3 is 11.9 Å². The van der Waals surface area contributed by atoms with Crippen molar-refractivity contribution in [2.75, 3.05) is 7.05 Å². The number of esters is 2. The van der Waals surface area contributed by atoms with Gasteiger partial charge in [-0.1, -0.05) is 36.4 Å². The second kappa shape index (κ2) is 7.53. The minimum Gasteiger partial charge on any atom is -0.459 e. The average Bonchev–Trinajstić information content (AvgIpc) is 2.87. The topological polar surface area (TPSA) is 55.8 Å². The number of hydrogen-bond acceptors (Lipinski definition) is 5. The Labute approximate surface area is 158 Å². The zero-order chi connectivity index (χ0) is 18.8. The zero-order valence-corrected chi connectivity index (χ0v) is 15.3. The molecule has 140 valence electrons. The maximum atomic E-state index is 12.4. The third kappa shape index (κ3) is 3.74. The number of benzene rings is 2. The van der Waals surface area contributed by atoms with Gasteiger partial charge in [-0.05, 0) is 31.3 Å². The first kappa shape index (κ1) is 17.7. The fraction of sp³-hybridized carbons (Fsp3) is 0.364. The maximum absolute atomic E-state index is 12.4. The maximum Gasteiger partial charge on any atom is 0.338 e. The van der Waals surface area contributed by atoms with Crippen LogP contribution in [0.15, 0.2) is 60.7 Å². The number of piperidine rings is 1. The molecule has 4 rings (SSSR count). The Morgan fingerprint density at radius 2 is 1.37 bits per heavy atom. The van der Waals surface area contributed by atoms with Crippen molar-refractivity contribution in [2.45, 2.75) is 43.6 Å². The van der Waals surface area contributed by atoms with Crippen molar-refractivity contribution in [2.24, 2.45) is 0 Å². The number of hydrogen-bond donors (Lipinski definition) is 0. The summed E-state index contributed by atoms with van der Waals surface area (Å²) in [6, 6.07) is 18.4. The first-order valence-corrected chi connectivity index (χ1v) is 9.36. The van der Waals surface area contributed by atoms with E-state index in [9.17, 15) is 9.59 Å². The Balaban J connectivity index is 1.40. The summed E-state index contributed by atoms with van der Waals surface area (Å²) in [4.78, 5) is 27.0. The molecule has 0 N–H and O–H groups in total. The van der Waals surface area contributed by atoms with Gasteiger partial charge in [0.25, 0.3) is 0 Å². The van der Waals surface area contributed by atoms with Crippen LogP contribution in [0.2, 0.25) is 0 Å². The molecule has 5 nitrogen and oxygen atoms in total. The van der Waals surface area contributed by atoms with Gasteiger partial charge in [-0.2, -0.15) is 0 Å². The van der Waals surface area contributed by atoms with Crippen LogP contribution < -0.4 is 0 Å². The summed E-state index contributed by atoms with van der Waals surface area (Å²) < 4.78 is 11.5. The van der Waals surface area contributed by atoms with E-state index < -0.39 is 0 Å². The first-order chi connectivity index (χ1) is 13.1. The quantitative estimate of drug-likeness (QED) is 0.778. The highest BCUT2D eigenvalue weighted by Gasteiger charge is 2.47. The van der Waals surface area contributed by atoms with E-state index in [0.717, 1.165) is 12.8 Å². The van der Waals surface area contributed by atoms with Crippen LogP contribution in [0.1, 0.15) is 40.0 Å². The van der Waals surface area contributed by atoms with E-state index in [-0.39, 0.29) is 36.2 Å². The van der Waals surface area contributed by atoms with Crippen molar-refractivity contribution in [1.82, 2.24) is 4.90 Å². The Morgan fingerprint density at radius 3 is 1.96 bits per heavy atom. The fourth-order valence-electron chi connectivity index (χ4n) is 4.17. The normalized spacial score (nSPS) is 27.1. The lowest BCUT2D eigenvalue weighted by molar-refractivity contribution is -0.0152. The molecule has 2 aromatic carbocycles. The van der Waals surface area contributed by atoms with Crippen molar-refractivity contribution >= 4 is 11.9 Å². The Bertz CT molecular complexity index is 806. The van der Waals surface area contributed by atoms with Crippen LogP contribution in [0, 0.1) is 0 Å². The molecule has 2 saturated heterocycles. The highest BCUT2D eigenvalue weighted by atomic mass is 16.6. The molecule has 2 aliphatic rings. The summed E-state index contributed by atoms with van der Waals surface area (Å²) in [5.74, 6) is -0.582. The molecule has 0 aliphatic carbocycles. The van der Waals surface area contributed by atoms with Crippen LogP contribution in [0.5, 0.6) is 0 Å². The van der Waals surface area contributed by atoms with Crippen molar-refractivity contribution in [3.8, 4) is 0 Å². The predicted molar refractivity (Wildman–Crippen MR) is 100 cm³/mol. The van der Waals surface area contributed by atoms with E-state index in [2.05, 4.69) is 11.9 Å². The smallest absolute Gasteiger partial charge is 0.338 e. The van der Waals surface area contributed by atoms with E-state index in [4.69, 9.17) is 9.47 Å². The Hall–Kier alpha value is -2.66. The van der Waals surface area contributed by atoms with Gasteiger partial charge < -0.3 is 9.47 Å². The van der Waals surface area contributed by atoms with E-state index in [1.54, 1.807) is 24.3 Å². The fourth-order valence-corrected chi connectivity index (χ4v) is 4.17. The third-order valence-corrected chi connectivity index (χ3v) is 5.62. The molecule has 27 heavy (non-hydrogen) atoms. The molecule has 0 aromatic heterocycles. The van der Waals surface area contributed by atoms with Crippen LogP contribution in [-0.2, 0) is 9.47 Å². The zero-order valence-electron chi connectivity index (χ0n) is 15.3. The lowest BCUT2D eigenvalue weighted by Gasteiger charge is -2.36. The van der Waals surface area contributed by atoms with Crippen LogP contribution in [0.3, 0.4) is 0 Å². The summed E-state index contributed by atoms with van der Waals surface area (Å²) in [6.45, 7) is 0. The number of nitrogens with zero attached hydrogens (tertiary/aromatic N) is 1. The summed E-state index contributed by atoms with van der Waals surface area (Å²) in [6.07, 6.45) is 1.90. The van der Waals surface area contributed by atoms with E-state index in [1.165, 1.54) is 0 Å². The van der Waals surface area contributed by atoms with Crippen LogP contribution in [0.25, 0.3) is 0 Å². The molecule has 5 heteroatoms. The number of fused-ring (bicyclic) bond motifs is 2. The van der Waals surface area contributed by atoms with Crippen molar-refractivity contribution in [3.63, 3.8) is 0 Å². The Morgan fingerprint density at radius 1 is 0.815 bits per heavy atom. The number of carbonyl (C=O) groups is 2. The first-order valence-electron chi connectivity index (χ1n) is 9.36. The third-order valence-electron chi connectivity index (χ3n) is 5.62. The number of rotatable bonds is 4. The minimum absolute atomic E-state index is 0.0741. The number of likely N-dealkylation sites (N-methyl/N-ethyl adjacent to an activating group) is 1. The van der Waals surface area contributed by atoms with Gasteiger partial charge in [0.15, 0.2) is 0 Å². The highest BCUT2D eigenvalue weighted by molar-refractivity contribution is 5.90. The standard InChI is InChI=1S/C22H23NO4/c1-23-17-12-18(26-21(24)15-8-4-2-5-9-15)14-19(23)20(13-17)27-22(25)16-10-6-3-7-11-16/h2-11,17-20H,12-14H2,1H3.